The van der Waals surface area contributed by atoms with Gasteiger partial charge in [0.05, 0.1) is 5.69 Å². The van der Waals surface area contributed by atoms with Gasteiger partial charge in [-0.15, -0.1) is 0 Å². The largest absolute Gasteiger partial charge is 0.310 e. The third-order valence-electron chi connectivity index (χ3n) is 10.6. The molecule has 10 rings (SSSR count). The third kappa shape index (κ3) is 5.42. The number of hydrogen-bond donors (Lipinski definition) is 0. The van der Waals surface area contributed by atoms with Gasteiger partial charge in [0.15, 0.2) is 0 Å². The molecule has 0 aromatic heterocycles. The Hall–Kier alpha value is -6.96. The van der Waals surface area contributed by atoms with Crippen LogP contribution in [0.2, 0.25) is 0 Å². The van der Waals surface area contributed by atoms with E-state index in [4.69, 9.17) is 0 Å². The highest BCUT2D eigenvalue weighted by Crippen LogP contribution is 2.44. The Morgan fingerprint density at radius 3 is 1.51 bits per heavy atom. The fourth-order valence-corrected chi connectivity index (χ4v) is 8.14. The topological polar surface area (TPSA) is 3.24 Å². The van der Waals surface area contributed by atoms with Crippen molar-refractivity contribution in [3.8, 4) is 33.4 Å². The van der Waals surface area contributed by atoms with Crippen LogP contribution in [0.1, 0.15) is 0 Å². The zero-order chi connectivity index (χ0) is 35.1. The lowest BCUT2D eigenvalue weighted by Crippen LogP contribution is -2.11. The quantitative estimate of drug-likeness (QED) is 0.159. The van der Waals surface area contributed by atoms with Crippen LogP contribution in [0.4, 0.5) is 17.1 Å². The van der Waals surface area contributed by atoms with E-state index in [1.54, 1.807) is 0 Å². The molecule has 0 aliphatic heterocycles. The molecule has 0 saturated heterocycles. The van der Waals surface area contributed by atoms with Crippen LogP contribution < -0.4 is 4.90 Å². The molecule has 0 spiro atoms. The molecule has 0 radical (unpaired) electrons. The van der Waals surface area contributed by atoms with Crippen LogP contribution >= 0.6 is 0 Å². The molecule has 1 heteroatoms. The van der Waals surface area contributed by atoms with Gasteiger partial charge >= 0.3 is 0 Å². The smallest absolute Gasteiger partial charge is 0.0540 e. The molecule has 1 nitrogen and oxygen atoms in total. The molecule has 0 unspecified atom stereocenters. The summed E-state index contributed by atoms with van der Waals surface area (Å²) >= 11 is 0. The van der Waals surface area contributed by atoms with E-state index in [0.717, 1.165) is 17.1 Å². The number of nitrogens with zero attached hydrogens (tertiary/aromatic N) is 1. The van der Waals surface area contributed by atoms with Gasteiger partial charge < -0.3 is 4.90 Å². The van der Waals surface area contributed by atoms with Gasteiger partial charge in [-0.3, -0.25) is 0 Å². The fraction of sp³-hybridized carbons (Fsp3) is 0. The summed E-state index contributed by atoms with van der Waals surface area (Å²) in [5, 5.41) is 10.1. The van der Waals surface area contributed by atoms with Gasteiger partial charge in [0.1, 0.15) is 0 Å². The second kappa shape index (κ2) is 13.0. The summed E-state index contributed by atoms with van der Waals surface area (Å²) < 4.78 is 0. The second-order valence-electron chi connectivity index (χ2n) is 13.7. The van der Waals surface area contributed by atoms with E-state index in [2.05, 4.69) is 217 Å². The average molecular weight is 674 g/mol. The van der Waals surface area contributed by atoms with Gasteiger partial charge in [0.25, 0.3) is 0 Å². The summed E-state index contributed by atoms with van der Waals surface area (Å²) in [4.78, 5) is 2.42. The van der Waals surface area contributed by atoms with Crippen LogP contribution in [0, 0.1) is 0 Å². The van der Waals surface area contributed by atoms with E-state index in [1.807, 2.05) is 0 Å². The standard InChI is InChI=1S/C52H35N/c1-2-14-38(15-3-1)45-21-10-11-27-52(45)53(42-32-33-50-48-24-7-6-22-46(48)47-23-8-9-25-49(47)51(50)35-42)41-30-28-36(29-31-41)39-18-12-19-40(34-39)44-26-13-17-37-16-4-5-20-43(37)44/h1-35H. The summed E-state index contributed by atoms with van der Waals surface area (Å²) in [6, 6.07) is 77.2. The van der Waals surface area contributed by atoms with Crippen molar-refractivity contribution in [1.29, 1.82) is 0 Å². The molecule has 0 N–H and O–H groups in total. The number of anilines is 3. The van der Waals surface area contributed by atoms with Crippen molar-refractivity contribution in [2.75, 3.05) is 4.90 Å². The SMILES string of the molecule is c1ccc(-c2ccccc2N(c2ccc(-c3cccc(-c4cccc5ccccc45)c3)cc2)c2ccc3c4ccccc4c4ccccc4c3c2)cc1. The zero-order valence-electron chi connectivity index (χ0n) is 29.2. The van der Waals surface area contributed by atoms with E-state index in [9.17, 15) is 0 Å². The van der Waals surface area contributed by atoms with E-state index in [-0.39, 0.29) is 0 Å². The minimum atomic E-state index is 1.10. The molecule has 248 valence electrons. The number of fused-ring (bicyclic) bond motifs is 7. The van der Waals surface area contributed by atoms with Crippen LogP contribution in [0.15, 0.2) is 212 Å². The maximum atomic E-state index is 2.42. The molecule has 0 saturated carbocycles. The van der Waals surface area contributed by atoms with Crippen molar-refractivity contribution in [2.24, 2.45) is 0 Å². The highest BCUT2D eigenvalue weighted by molar-refractivity contribution is 6.25. The highest BCUT2D eigenvalue weighted by Gasteiger charge is 2.19. The molecule has 0 heterocycles. The molecule has 10 aromatic rings. The average Bonchev–Trinajstić information content (AvgIpc) is 3.24. The van der Waals surface area contributed by atoms with E-state index in [1.165, 1.54) is 76.5 Å². The maximum absolute atomic E-state index is 2.42. The summed E-state index contributed by atoms with van der Waals surface area (Å²) in [5.74, 6) is 0. The normalized spacial score (nSPS) is 11.4. The summed E-state index contributed by atoms with van der Waals surface area (Å²) in [6.07, 6.45) is 0. The zero-order valence-corrected chi connectivity index (χ0v) is 29.2. The van der Waals surface area contributed by atoms with E-state index in [0.29, 0.717) is 0 Å². The molecule has 0 aliphatic rings. The van der Waals surface area contributed by atoms with Gasteiger partial charge in [0, 0.05) is 16.9 Å². The molecule has 0 bridgehead atoms. The van der Waals surface area contributed by atoms with Crippen molar-refractivity contribution in [1.82, 2.24) is 0 Å². The number of para-hydroxylation sites is 1. The first-order chi connectivity index (χ1) is 26.3. The summed E-state index contributed by atoms with van der Waals surface area (Å²) in [6.45, 7) is 0. The van der Waals surface area contributed by atoms with Crippen molar-refractivity contribution in [3.05, 3.63) is 212 Å². The van der Waals surface area contributed by atoms with Gasteiger partial charge in [-0.2, -0.15) is 0 Å². The monoisotopic (exact) mass is 673 g/mol. The minimum Gasteiger partial charge on any atom is -0.310 e. The first-order valence-electron chi connectivity index (χ1n) is 18.3. The lowest BCUT2D eigenvalue weighted by atomic mass is 9.93. The maximum Gasteiger partial charge on any atom is 0.0540 e. The van der Waals surface area contributed by atoms with E-state index < -0.39 is 0 Å². The van der Waals surface area contributed by atoms with E-state index >= 15 is 0 Å². The predicted octanol–water partition coefficient (Wildman–Crippen LogP) is 14.8. The Labute approximate surface area is 309 Å². The van der Waals surface area contributed by atoms with Crippen LogP contribution in [0.3, 0.4) is 0 Å². The van der Waals surface area contributed by atoms with Gasteiger partial charge in [-0.1, -0.05) is 176 Å². The Balaban J connectivity index is 1.13. The molecule has 0 atom stereocenters. The number of rotatable bonds is 6. The van der Waals surface area contributed by atoms with Crippen LogP contribution in [0.25, 0.3) is 76.5 Å². The van der Waals surface area contributed by atoms with Gasteiger partial charge in [0.2, 0.25) is 0 Å². The van der Waals surface area contributed by atoms with Crippen molar-refractivity contribution < 1.29 is 0 Å². The Kier molecular flexibility index (Phi) is 7.55. The van der Waals surface area contributed by atoms with Gasteiger partial charge in [-0.05, 0) is 107 Å². The van der Waals surface area contributed by atoms with Crippen molar-refractivity contribution in [2.45, 2.75) is 0 Å². The third-order valence-corrected chi connectivity index (χ3v) is 10.6. The van der Waals surface area contributed by atoms with Crippen molar-refractivity contribution in [3.63, 3.8) is 0 Å². The van der Waals surface area contributed by atoms with Crippen LogP contribution in [0.5, 0.6) is 0 Å². The molecular formula is C52H35N. The van der Waals surface area contributed by atoms with Crippen molar-refractivity contribution >= 4 is 60.2 Å². The number of hydrogen-bond acceptors (Lipinski definition) is 1. The molecule has 53 heavy (non-hydrogen) atoms. The van der Waals surface area contributed by atoms with Crippen LogP contribution in [-0.2, 0) is 0 Å². The fourth-order valence-electron chi connectivity index (χ4n) is 8.14. The molecule has 0 amide bonds. The predicted molar refractivity (Wildman–Crippen MR) is 227 cm³/mol. The Bertz CT molecular complexity index is 2900. The van der Waals surface area contributed by atoms with Gasteiger partial charge in [-0.25, -0.2) is 0 Å². The highest BCUT2D eigenvalue weighted by atomic mass is 15.1. The second-order valence-corrected chi connectivity index (χ2v) is 13.7. The molecule has 0 aliphatic carbocycles. The molecule has 0 fully saturated rings. The van der Waals surface area contributed by atoms with Crippen LogP contribution in [-0.4, -0.2) is 0 Å². The summed E-state index contributed by atoms with van der Waals surface area (Å²) in [5.41, 5.74) is 10.6. The molecule has 10 aromatic carbocycles. The lowest BCUT2D eigenvalue weighted by Gasteiger charge is -2.28. The number of benzene rings is 10. The lowest BCUT2D eigenvalue weighted by molar-refractivity contribution is 1.29. The Morgan fingerprint density at radius 2 is 0.755 bits per heavy atom. The first-order valence-corrected chi connectivity index (χ1v) is 18.3. The Morgan fingerprint density at radius 1 is 0.245 bits per heavy atom. The summed E-state index contributed by atoms with van der Waals surface area (Å²) in [7, 11) is 0. The first kappa shape index (κ1) is 30.8. The minimum absolute atomic E-state index is 1.10. The molecular weight excluding hydrogens is 639 g/mol.